The molecule has 116 valence electrons. The first-order chi connectivity index (χ1) is 9.83. The second-order valence-corrected chi connectivity index (χ2v) is 8.12. The maximum absolute atomic E-state index is 12.3. The lowest BCUT2D eigenvalue weighted by molar-refractivity contribution is 0.207. The topological polar surface area (TPSA) is 58.6 Å². The van der Waals surface area contributed by atoms with Crippen molar-refractivity contribution in [2.75, 3.05) is 31.3 Å². The Morgan fingerprint density at radius 2 is 2.19 bits per heavy atom. The summed E-state index contributed by atoms with van der Waals surface area (Å²) in [6.45, 7) is 4.75. The number of amides is 2. The van der Waals surface area contributed by atoms with Gasteiger partial charge in [0.2, 0.25) is 0 Å². The van der Waals surface area contributed by atoms with E-state index in [4.69, 9.17) is 16.3 Å². The first kappa shape index (κ1) is 16.1. The van der Waals surface area contributed by atoms with Crippen LogP contribution in [0.15, 0.2) is 18.2 Å². The van der Waals surface area contributed by atoms with Crippen LogP contribution in [0, 0.1) is 0 Å². The number of carbonyl (C=O) groups excluding carboxylic acids is 1. The fourth-order valence-corrected chi connectivity index (χ4v) is 3.63. The molecule has 1 saturated heterocycles. The smallest absolute Gasteiger partial charge is 0.321 e. The van der Waals surface area contributed by atoms with Crippen LogP contribution >= 0.6 is 11.6 Å². The van der Waals surface area contributed by atoms with Crippen LogP contribution in [-0.4, -0.2) is 45.8 Å². The summed E-state index contributed by atoms with van der Waals surface area (Å²) in [4.78, 5) is 14.0. The number of nitrogens with zero attached hydrogens (tertiary/aromatic N) is 1. The Morgan fingerprint density at radius 1 is 1.48 bits per heavy atom. The molecule has 1 fully saturated rings. The molecule has 1 aromatic rings. The van der Waals surface area contributed by atoms with Crippen molar-refractivity contribution in [2.45, 2.75) is 18.6 Å². The number of halogens is 1. The molecule has 1 aliphatic heterocycles. The van der Waals surface area contributed by atoms with Gasteiger partial charge in [0, 0.05) is 35.7 Å². The number of benzene rings is 1. The highest BCUT2D eigenvalue weighted by Gasteiger charge is 2.35. The van der Waals surface area contributed by atoms with Crippen molar-refractivity contribution in [1.82, 2.24) is 4.90 Å². The number of hydrogen-bond acceptors (Lipinski definition) is 3. The van der Waals surface area contributed by atoms with E-state index in [0.717, 1.165) is 0 Å². The molecular weight excluding hydrogens is 312 g/mol. The van der Waals surface area contributed by atoms with Crippen LogP contribution in [0.25, 0.3) is 0 Å². The third-order valence-corrected chi connectivity index (χ3v) is 5.67. The summed E-state index contributed by atoms with van der Waals surface area (Å²) in [5.41, 5.74) is 0.534. The van der Waals surface area contributed by atoms with E-state index in [2.05, 4.69) is 5.32 Å². The van der Waals surface area contributed by atoms with Gasteiger partial charge in [0.25, 0.3) is 0 Å². The molecule has 0 unspecified atom stereocenters. The van der Waals surface area contributed by atoms with Gasteiger partial charge in [-0.2, -0.15) is 0 Å². The minimum atomic E-state index is -0.907. The number of urea groups is 1. The molecule has 0 saturated carbocycles. The predicted octanol–water partition coefficient (Wildman–Crippen LogP) is 2.72. The highest BCUT2D eigenvalue weighted by molar-refractivity contribution is 7.86. The highest BCUT2D eigenvalue weighted by Crippen LogP contribution is 2.27. The zero-order valence-electron chi connectivity index (χ0n) is 12.3. The zero-order valence-corrected chi connectivity index (χ0v) is 13.9. The van der Waals surface area contributed by atoms with Crippen molar-refractivity contribution in [3.63, 3.8) is 0 Å². The number of methoxy groups -OCH3 is 1. The first-order valence-corrected chi connectivity index (χ1v) is 8.31. The third kappa shape index (κ3) is 3.68. The Bertz CT molecular complexity index is 577. The minimum absolute atomic E-state index is 0.230. The van der Waals surface area contributed by atoms with Crippen molar-refractivity contribution in [2.24, 2.45) is 0 Å². The summed E-state index contributed by atoms with van der Waals surface area (Å²) in [7, 11) is 0.648. The van der Waals surface area contributed by atoms with E-state index in [-0.39, 0.29) is 10.8 Å². The molecule has 1 heterocycles. The van der Waals surface area contributed by atoms with Crippen molar-refractivity contribution >= 4 is 34.1 Å². The number of ether oxygens (including phenoxy) is 1. The fraction of sp³-hybridized carbons (Fsp3) is 0.500. The van der Waals surface area contributed by atoms with Gasteiger partial charge in [-0.15, -0.1) is 0 Å². The summed E-state index contributed by atoms with van der Waals surface area (Å²) in [5, 5.41) is 3.20. The average molecular weight is 331 g/mol. The molecule has 2 rings (SSSR count). The second-order valence-electron chi connectivity index (χ2n) is 5.51. The Kier molecular flexibility index (Phi) is 4.78. The Labute approximate surface area is 132 Å². The second kappa shape index (κ2) is 6.23. The van der Waals surface area contributed by atoms with E-state index in [1.54, 1.807) is 30.2 Å². The molecule has 5 nitrogen and oxygen atoms in total. The molecule has 2 amide bonds. The van der Waals surface area contributed by atoms with Crippen LogP contribution in [0.1, 0.15) is 13.8 Å². The van der Waals surface area contributed by atoms with Gasteiger partial charge in [0.15, 0.2) is 0 Å². The molecule has 7 heteroatoms. The van der Waals surface area contributed by atoms with Crippen molar-refractivity contribution in [3.05, 3.63) is 23.2 Å². The normalized spacial score (nSPS) is 21.0. The minimum Gasteiger partial charge on any atom is -0.497 e. The fourth-order valence-electron chi connectivity index (χ4n) is 2.17. The van der Waals surface area contributed by atoms with Crippen LogP contribution in [0.4, 0.5) is 10.5 Å². The van der Waals surface area contributed by atoms with E-state index >= 15 is 0 Å². The van der Waals surface area contributed by atoms with Gasteiger partial charge in [0.1, 0.15) is 5.75 Å². The lowest BCUT2D eigenvalue weighted by Gasteiger charge is -2.37. The summed E-state index contributed by atoms with van der Waals surface area (Å²) in [5.74, 6) is 1.13. The molecule has 1 N–H and O–H groups in total. The maximum atomic E-state index is 12.3. The monoisotopic (exact) mass is 330 g/mol. The average Bonchev–Trinajstić information content (AvgIpc) is 2.43. The quantitative estimate of drug-likeness (QED) is 0.907. The Morgan fingerprint density at radius 3 is 2.76 bits per heavy atom. The van der Waals surface area contributed by atoms with Gasteiger partial charge in [0.05, 0.1) is 22.6 Å². The molecule has 21 heavy (non-hydrogen) atoms. The summed E-state index contributed by atoms with van der Waals surface area (Å²) >= 11 is 6.11. The Balaban J connectivity index is 2.07. The zero-order chi connectivity index (χ0) is 15.6. The van der Waals surface area contributed by atoms with Gasteiger partial charge >= 0.3 is 6.03 Å². The van der Waals surface area contributed by atoms with Crippen LogP contribution < -0.4 is 10.1 Å². The van der Waals surface area contributed by atoms with Crippen molar-refractivity contribution < 1.29 is 13.7 Å². The van der Waals surface area contributed by atoms with Gasteiger partial charge in [-0.1, -0.05) is 11.6 Å². The summed E-state index contributed by atoms with van der Waals surface area (Å²) in [6, 6.07) is 4.85. The largest absolute Gasteiger partial charge is 0.497 e. The molecule has 0 bridgehead atoms. The van der Waals surface area contributed by atoms with Gasteiger partial charge < -0.3 is 15.0 Å². The van der Waals surface area contributed by atoms with Gasteiger partial charge in [-0.3, -0.25) is 4.21 Å². The molecule has 0 radical (unpaired) electrons. The van der Waals surface area contributed by atoms with Gasteiger partial charge in [-0.05, 0) is 26.0 Å². The first-order valence-electron chi connectivity index (χ1n) is 6.61. The predicted molar refractivity (Wildman–Crippen MR) is 85.7 cm³/mol. The molecule has 1 aromatic carbocycles. The van der Waals surface area contributed by atoms with Crippen LogP contribution in [0.3, 0.4) is 0 Å². The van der Waals surface area contributed by atoms with Crippen molar-refractivity contribution in [3.8, 4) is 5.75 Å². The molecular formula is C14H19ClN2O3S. The summed E-state index contributed by atoms with van der Waals surface area (Å²) < 4.78 is 16.6. The van der Waals surface area contributed by atoms with E-state index in [0.29, 0.717) is 35.3 Å². The van der Waals surface area contributed by atoms with Crippen LogP contribution in [-0.2, 0) is 10.8 Å². The lowest BCUT2D eigenvalue weighted by Crippen LogP contribution is -2.53. The SMILES string of the molecule is COc1ccc(NC(=O)N2CC[S@](=O)C(C)(C)C2)c(Cl)c1. The van der Waals surface area contributed by atoms with Crippen LogP contribution in [0.2, 0.25) is 5.02 Å². The molecule has 0 spiro atoms. The highest BCUT2D eigenvalue weighted by atomic mass is 35.5. The number of carbonyl (C=O) groups is 1. The Hall–Kier alpha value is -1.27. The molecule has 0 aliphatic carbocycles. The molecule has 0 aromatic heterocycles. The lowest BCUT2D eigenvalue weighted by atomic mass is 10.2. The maximum Gasteiger partial charge on any atom is 0.321 e. The van der Waals surface area contributed by atoms with E-state index in [1.165, 1.54) is 0 Å². The van der Waals surface area contributed by atoms with Crippen LogP contribution in [0.5, 0.6) is 5.75 Å². The number of hydrogen-bond donors (Lipinski definition) is 1. The van der Waals surface area contributed by atoms with Gasteiger partial charge in [-0.25, -0.2) is 4.79 Å². The molecule has 1 aliphatic rings. The third-order valence-electron chi connectivity index (χ3n) is 3.44. The van der Waals surface area contributed by atoms with Crippen molar-refractivity contribution in [1.29, 1.82) is 0 Å². The van der Waals surface area contributed by atoms with E-state index in [9.17, 15) is 9.00 Å². The van der Waals surface area contributed by atoms with E-state index < -0.39 is 10.8 Å². The number of rotatable bonds is 2. The number of anilines is 1. The summed E-state index contributed by atoms with van der Waals surface area (Å²) in [6.07, 6.45) is 0. The van der Waals surface area contributed by atoms with E-state index in [1.807, 2.05) is 13.8 Å². The molecule has 1 atom stereocenters. The number of nitrogens with one attached hydrogen (secondary N) is 1. The standard InChI is InChI=1S/C14H19ClN2O3S/c1-14(2)9-17(6-7-21(14)19)13(18)16-12-5-4-10(20-3)8-11(12)15/h4-5,8H,6-7,9H2,1-3H3,(H,16,18)/t21-/m0/s1.